The summed E-state index contributed by atoms with van der Waals surface area (Å²) in [4.78, 5) is 15.2. The van der Waals surface area contributed by atoms with Crippen molar-refractivity contribution in [2.75, 3.05) is 39.3 Å². The molecular formula is C22H34N4O3S. The van der Waals surface area contributed by atoms with Crippen LogP contribution < -0.4 is 5.32 Å². The van der Waals surface area contributed by atoms with Crippen LogP contribution in [0.3, 0.4) is 0 Å². The molecule has 1 atom stereocenters. The number of hydrogen-bond acceptors (Lipinski definition) is 4. The summed E-state index contributed by atoms with van der Waals surface area (Å²) in [5, 5.41) is 3.91. The summed E-state index contributed by atoms with van der Waals surface area (Å²) in [5.41, 5.74) is 1.03. The summed E-state index contributed by atoms with van der Waals surface area (Å²) >= 11 is 0. The Hall–Kier alpha value is -1.90. The van der Waals surface area contributed by atoms with Gasteiger partial charge >= 0.3 is 0 Å². The average Bonchev–Trinajstić information content (AvgIpc) is 3.19. The maximum absolute atomic E-state index is 13.2. The predicted molar refractivity (Wildman–Crippen MR) is 120 cm³/mol. The third-order valence-electron chi connectivity index (χ3n) is 6.10. The summed E-state index contributed by atoms with van der Waals surface area (Å²) in [5.74, 6) is -0.340. The number of aryl methyl sites for hydroxylation is 1. The van der Waals surface area contributed by atoms with E-state index < -0.39 is 10.0 Å². The predicted octanol–water partition coefficient (Wildman–Crippen LogP) is 2.52. The van der Waals surface area contributed by atoms with Crippen molar-refractivity contribution in [2.45, 2.75) is 45.1 Å². The highest BCUT2D eigenvalue weighted by Gasteiger charge is 2.33. The van der Waals surface area contributed by atoms with Gasteiger partial charge in [0.05, 0.1) is 10.8 Å². The molecule has 1 aliphatic rings. The van der Waals surface area contributed by atoms with Gasteiger partial charge in [-0.1, -0.05) is 13.8 Å². The molecule has 1 amide bonds. The van der Waals surface area contributed by atoms with E-state index in [9.17, 15) is 13.2 Å². The summed E-state index contributed by atoms with van der Waals surface area (Å²) in [6.45, 7) is 11.1. The normalized spacial score (nSPS) is 18.2. The number of carbonyl (C=O) groups excluding carboxylic acids is 1. The van der Waals surface area contributed by atoms with Gasteiger partial charge in [-0.3, -0.25) is 4.79 Å². The second-order valence-corrected chi connectivity index (χ2v) is 9.78. The molecule has 0 aliphatic carbocycles. The Kier molecular flexibility index (Phi) is 7.55. The van der Waals surface area contributed by atoms with Crippen molar-refractivity contribution in [1.82, 2.24) is 19.1 Å². The fourth-order valence-electron chi connectivity index (χ4n) is 4.16. The molecule has 1 N–H and O–H groups in total. The van der Waals surface area contributed by atoms with Gasteiger partial charge in [0.1, 0.15) is 0 Å². The molecule has 0 saturated carbocycles. The molecule has 1 saturated heterocycles. The van der Waals surface area contributed by atoms with Gasteiger partial charge in [-0.25, -0.2) is 8.42 Å². The molecule has 1 fully saturated rings. The number of rotatable bonds is 9. The standard InChI is InChI=1S/C22H34N4O3S/c1-4-24(5-2)15-12-23-22(27)19-8-7-13-26(17-19)30(28,29)20-9-10-21-18(16-20)11-14-25(21)6-3/h9-11,14,16,19H,4-8,12-13,15,17H2,1-3H3,(H,23,27)/t19-/m0/s1. The van der Waals surface area contributed by atoms with Crippen LogP contribution in [0.2, 0.25) is 0 Å². The number of amides is 1. The molecule has 1 aromatic heterocycles. The molecule has 1 aliphatic heterocycles. The van der Waals surface area contributed by atoms with Crippen molar-refractivity contribution in [1.29, 1.82) is 0 Å². The van der Waals surface area contributed by atoms with Crippen molar-refractivity contribution < 1.29 is 13.2 Å². The van der Waals surface area contributed by atoms with Gasteiger partial charge in [-0.05, 0) is 57.1 Å². The Bertz CT molecular complexity index is 966. The van der Waals surface area contributed by atoms with Gasteiger partial charge in [0, 0.05) is 49.8 Å². The van der Waals surface area contributed by atoms with Crippen LogP contribution in [-0.2, 0) is 21.4 Å². The van der Waals surface area contributed by atoms with Gasteiger partial charge in [-0.15, -0.1) is 0 Å². The molecule has 2 heterocycles. The van der Waals surface area contributed by atoms with E-state index in [1.807, 2.05) is 18.3 Å². The summed E-state index contributed by atoms with van der Waals surface area (Å²) < 4.78 is 30.0. The molecule has 1 aromatic carbocycles. The first-order valence-corrected chi connectivity index (χ1v) is 12.4. The lowest BCUT2D eigenvalue weighted by Crippen LogP contribution is -2.46. The van der Waals surface area contributed by atoms with E-state index in [1.165, 1.54) is 4.31 Å². The number of nitrogens with zero attached hydrogens (tertiary/aromatic N) is 3. The molecule has 7 nitrogen and oxygen atoms in total. The SMILES string of the molecule is CCN(CC)CCNC(=O)[C@H]1CCCN(S(=O)(=O)c2ccc3c(ccn3CC)c2)C1. The van der Waals surface area contributed by atoms with Crippen LogP contribution in [0.25, 0.3) is 10.9 Å². The van der Waals surface area contributed by atoms with Crippen LogP contribution in [-0.4, -0.2) is 67.4 Å². The zero-order valence-corrected chi connectivity index (χ0v) is 19.1. The Balaban J connectivity index is 1.67. The number of piperidine rings is 1. The molecule has 2 aromatic rings. The Labute approximate surface area is 180 Å². The third kappa shape index (κ3) is 4.87. The largest absolute Gasteiger partial charge is 0.355 e. The second-order valence-electron chi connectivity index (χ2n) is 7.84. The Morgan fingerprint density at radius 3 is 2.67 bits per heavy atom. The molecule has 3 rings (SSSR count). The fourth-order valence-corrected chi connectivity index (χ4v) is 5.72. The molecule has 0 unspecified atom stereocenters. The van der Waals surface area contributed by atoms with Gasteiger partial charge in [0.2, 0.25) is 15.9 Å². The van der Waals surface area contributed by atoms with Crippen LogP contribution in [0.15, 0.2) is 35.4 Å². The van der Waals surface area contributed by atoms with Crippen molar-refractivity contribution in [3.8, 4) is 0 Å². The van der Waals surface area contributed by atoms with E-state index in [0.717, 1.165) is 43.5 Å². The van der Waals surface area contributed by atoms with Crippen LogP contribution >= 0.6 is 0 Å². The van der Waals surface area contributed by atoms with Crippen molar-refractivity contribution in [3.63, 3.8) is 0 Å². The number of nitrogens with one attached hydrogen (secondary N) is 1. The minimum atomic E-state index is -3.62. The molecule has 0 radical (unpaired) electrons. The number of hydrogen-bond donors (Lipinski definition) is 1. The van der Waals surface area contributed by atoms with Crippen molar-refractivity contribution in [3.05, 3.63) is 30.5 Å². The lowest BCUT2D eigenvalue weighted by Gasteiger charge is -2.31. The monoisotopic (exact) mass is 434 g/mol. The van der Waals surface area contributed by atoms with Gasteiger partial charge in [-0.2, -0.15) is 4.31 Å². The average molecular weight is 435 g/mol. The van der Waals surface area contributed by atoms with Crippen LogP contribution in [0.4, 0.5) is 0 Å². The van der Waals surface area contributed by atoms with E-state index in [-0.39, 0.29) is 18.4 Å². The quantitative estimate of drug-likeness (QED) is 0.658. The highest BCUT2D eigenvalue weighted by Crippen LogP contribution is 2.27. The molecule has 30 heavy (non-hydrogen) atoms. The topological polar surface area (TPSA) is 74.7 Å². The fraction of sp³-hybridized carbons (Fsp3) is 0.591. The van der Waals surface area contributed by atoms with E-state index in [4.69, 9.17) is 0 Å². The van der Waals surface area contributed by atoms with E-state index in [0.29, 0.717) is 24.4 Å². The first kappa shape index (κ1) is 22.8. The van der Waals surface area contributed by atoms with Crippen molar-refractivity contribution in [2.24, 2.45) is 5.92 Å². The number of fused-ring (bicyclic) bond motifs is 1. The number of carbonyl (C=O) groups is 1. The summed E-state index contributed by atoms with van der Waals surface area (Å²) in [6, 6.07) is 7.23. The highest BCUT2D eigenvalue weighted by atomic mass is 32.2. The zero-order valence-electron chi connectivity index (χ0n) is 18.3. The molecule has 0 spiro atoms. The van der Waals surface area contributed by atoms with Crippen LogP contribution in [0.5, 0.6) is 0 Å². The second kappa shape index (κ2) is 9.94. The number of benzene rings is 1. The minimum Gasteiger partial charge on any atom is -0.355 e. The van der Waals surface area contributed by atoms with Gasteiger partial charge in [0.15, 0.2) is 0 Å². The Morgan fingerprint density at radius 2 is 1.97 bits per heavy atom. The zero-order chi connectivity index (χ0) is 21.7. The molecular weight excluding hydrogens is 400 g/mol. The molecule has 166 valence electrons. The van der Waals surface area contributed by atoms with Crippen LogP contribution in [0, 0.1) is 5.92 Å². The molecule has 8 heteroatoms. The maximum Gasteiger partial charge on any atom is 0.243 e. The smallest absolute Gasteiger partial charge is 0.243 e. The highest BCUT2D eigenvalue weighted by molar-refractivity contribution is 7.89. The lowest BCUT2D eigenvalue weighted by molar-refractivity contribution is -0.126. The number of sulfonamides is 1. The van der Waals surface area contributed by atoms with E-state index in [1.54, 1.807) is 12.1 Å². The first-order valence-electron chi connectivity index (χ1n) is 11.0. The third-order valence-corrected chi connectivity index (χ3v) is 7.96. The summed E-state index contributed by atoms with van der Waals surface area (Å²) in [7, 11) is -3.62. The lowest BCUT2D eigenvalue weighted by atomic mass is 9.99. The number of aromatic nitrogens is 1. The van der Waals surface area contributed by atoms with E-state index >= 15 is 0 Å². The van der Waals surface area contributed by atoms with E-state index in [2.05, 4.69) is 35.6 Å². The maximum atomic E-state index is 13.2. The van der Waals surface area contributed by atoms with Gasteiger partial charge in [0.25, 0.3) is 0 Å². The van der Waals surface area contributed by atoms with Crippen molar-refractivity contribution >= 4 is 26.8 Å². The van der Waals surface area contributed by atoms with Crippen LogP contribution in [0.1, 0.15) is 33.6 Å². The Morgan fingerprint density at radius 1 is 1.20 bits per heavy atom. The van der Waals surface area contributed by atoms with Gasteiger partial charge < -0.3 is 14.8 Å². The number of likely N-dealkylation sites (N-methyl/N-ethyl adjacent to an activating group) is 1. The first-order chi connectivity index (χ1) is 14.4. The minimum absolute atomic E-state index is 0.0440. The molecule has 0 bridgehead atoms. The summed E-state index contributed by atoms with van der Waals surface area (Å²) in [6.07, 6.45) is 3.39.